The fourth-order valence-electron chi connectivity index (χ4n) is 2.46. The van der Waals surface area contributed by atoms with Crippen molar-refractivity contribution in [2.45, 2.75) is 38.0 Å². The number of nitrogens with one attached hydrogen (secondary N) is 1. The summed E-state index contributed by atoms with van der Waals surface area (Å²) in [6.45, 7) is 0. The molecule has 0 atom stereocenters. The van der Waals surface area contributed by atoms with Crippen LogP contribution in [0.5, 0.6) is 0 Å². The molecule has 1 aliphatic rings. The number of halogens is 6. The molecule has 0 aliphatic heterocycles. The highest BCUT2D eigenvalue weighted by Gasteiger charge is 2.37. The van der Waals surface area contributed by atoms with Crippen molar-refractivity contribution in [1.82, 2.24) is 0 Å². The summed E-state index contributed by atoms with van der Waals surface area (Å²) >= 11 is 0. The van der Waals surface area contributed by atoms with Crippen LogP contribution in [0.3, 0.4) is 0 Å². The van der Waals surface area contributed by atoms with Gasteiger partial charge in [0, 0.05) is 11.6 Å². The van der Waals surface area contributed by atoms with Gasteiger partial charge in [-0.25, -0.2) is 0 Å². The van der Waals surface area contributed by atoms with Gasteiger partial charge in [0.15, 0.2) is 0 Å². The molecule has 2 rings (SSSR count). The molecule has 1 saturated carbocycles. The first kappa shape index (κ1) is 16.6. The van der Waals surface area contributed by atoms with Gasteiger partial charge in [-0.3, -0.25) is 4.79 Å². The van der Waals surface area contributed by atoms with E-state index in [4.69, 9.17) is 0 Å². The highest BCUT2D eigenvalue weighted by atomic mass is 19.4. The highest BCUT2D eigenvalue weighted by molar-refractivity contribution is 5.92. The maximum atomic E-state index is 12.7. The first-order valence-electron chi connectivity index (χ1n) is 6.68. The first-order valence-corrected chi connectivity index (χ1v) is 6.68. The average molecular weight is 325 g/mol. The van der Waals surface area contributed by atoms with Gasteiger partial charge in [0.2, 0.25) is 5.91 Å². The van der Waals surface area contributed by atoms with E-state index in [-0.39, 0.29) is 12.0 Å². The molecule has 0 unspecified atom stereocenters. The number of alkyl halides is 6. The summed E-state index contributed by atoms with van der Waals surface area (Å²) in [5, 5.41) is 2.17. The normalized spacial score (nSPS) is 16.8. The molecule has 0 heterocycles. The summed E-state index contributed by atoms with van der Waals surface area (Å²) in [4.78, 5) is 11.9. The third-order valence-electron chi connectivity index (χ3n) is 3.58. The van der Waals surface area contributed by atoms with Crippen LogP contribution in [0, 0.1) is 5.92 Å². The monoisotopic (exact) mass is 325 g/mol. The zero-order valence-corrected chi connectivity index (χ0v) is 11.3. The number of rotatable bonds is 2. The first-order chi connectivity index (χ1) is 10.1. The van der Waals surface area contributed by atoms with E-state index in [1.165, 1.54) is 0 Å². The Labute approximate surface area is 122 Å². The van der Waals surface area contributed by atoms with Gasteiger partial charge in [0.25, 0.3) is 0 Å². The number of hydrogen-bond donors (Lipinski definition) is 1. The maximum Gasteiger partial charge on any atom is 0.416 e. The molecule has 0 bridgehead atoms. The maximum absolute atomic E-state index is 12.7. The lowest BCUT2D eigenvalue weighted by atomic mass is 10.1. The summed E-state index contributed by atoms with van der Waals surface area (Å²) in [6.07, 6.45) is -7.00. The van der Waals surface area contributed by atoms with Crippen LogP contribution in [0.25, 0.3) is 0 Å². The Morgan fingerprint density at radius 3 is 1.77 bits per heavy atom. The van der Waals surface area contributed by atoms with Gasteiger partial charge in [0.05, 0.1) is 11.1 Å². The van der Waals surface area contributed by atoms with Gasteiger partial charge in [0.1, 0.15) is 0 Å². The van der Waals surface area contributed by atoms with Crippen LogP contribution in [0.2, 0.25) is 0 Å². The average Bonchev–Trinajstić information content (AvgIpc) is 2.90. The fourth-order valence-corrected chi connectivity index (χ4v) is 2.46. The number of hydrogen-bond acceptors (Lipinski definition) is 1. The van der Waals surface area contributed by atoms with Gasteiger partial charge in [-0.2, -0.15) is 26.3 Å². The van der Waals surface area contributed by atoms with E-state index >= 15 is 0 Å². The summed E-state index contributed by atoms with van der Waals surface area (Å²) in [6, 6.07) is 1.06. The molecular weight excluding hydrogens is 312 g/mol. The van der Waals surface area contributed by atoms with E-state index < -0.39 is 35.1 Å². The van der Waals surface area contributed by atoms with Crippen molar-refractivity contribution in [3.05, 3.63) is 29.3 Å². The van der Waals surface area contributed by atoms with Crippen LogP contribution in [-0.2, 0) is 17.1 Å². The van der Waals surface area contributed by atoms with Crippen molar-refractivity contribution in [2.24, 2.45) is 5.92 Å². The minimum absolute atomic E-state index is 0.0330. The molecule has 0 radical (unpaired) electrons. The molecule has 1 aromatic rings. The molecule has 1 fully saturated rings. The molecule has 1 N–H and O–H groups in total. The fraction of sp³-hybridized carbons (Fsp3) is 0.500. The Kier molecular flexibility index (Phi) is 4.39. The van der Waals surface area contributed by atoms with Crippen molar-refractivity contribution in [2.75, 3.05) is 5.32 Å². The van der Waals surface area contributed by atoms with Crippen molar-refractivity contribution in [3.63, 3.8) is 0 Å². The van der Waals surface area contributed by atoms with Crippen LogP contribution in [0.4, 0.5) is 32.0 Å². The predicted octanol–water partition coefficient (Wildman–Crippen LogP) is 4.85. The lowest BCUT2D eigenvalue weighted by Crippen LogP contribution is -2.21. The van der Waals surface area contributed by atoms with E-state index in [9.17, 15) is 31.1 Å². The van der Waals surface area contributed by atoms with E-state index in [0.29, 0.717) is 25.0 Å². The van der Waals surface area contributed by atoms with Crippen molar-refractivity contribution < 1.29 is 31.1 Å². The number of anilines is 1. The second kappa shape index (κ2) is 5.81. The third kappa shape index (κ3) is 3.92. The van der Waals surface area contributed by atoms with Crippen LogP contribution in [-0.4, -0.2) is 5.91 Å². The smallest absolute Gasteiger partial charge is 0.326 e. The second-order valence-electron chi connectivity index (χ2n) is 5.27. The quantitative estimate of drug-likeness (QED) is 0.774. The molecule has 0 aromatic heterocycles. The zero-order valence-electron chi connectivity index (χ0n) is 11.3. The lowest BCUT2D eigenvalue weighted by molar-refractivity contribution is -0.143. The van der Waals surface area contributed by atoms with Crippen LogP contribution in [0.15, 0.2) is 18.2 Å². The van der Waals surface area contributed by atoms with Crippen LogP contribution < -0.4 is 5.32 Å². The highest BCUT2D eigenvalue weighted by Crippen LogP contribution is 2.37. The van der Waals surface area contributed by atoms with Gasteiger partial charge in [-0.15, -0.1) is 0 Å². The molecule has 8 heteroatoms. The van der Waals surface area contributed by atoms with E-state index in [0.717, 1.165) is 12.8 Å². The van der Waals surface area contributed by atoms with Crippen molar-refractivity contribution in [3.8, 4) is 0 Å². The van der Waals surface area contributed by atoms with Crippen molar-refractivity contribution in [1.29, 1.82) is 0 Å². The predicted molar refractivity (Wildman–Crippen MR) is 67.0 cm³/mol. The van der Waals surface area contributed by atoms with Gasteiger partial charge in [-0.05, 0) is 31.0 Å². The summed E-state index contributed by atoms with van der Waals surface area (Å²) < 4.78 is 76.2. The lowest BCUT2D eigenvalue weighted by Gasteiger charge is -2.16. The standard InChI is InChI=1S/C14H13F6NO/c15-13(16,17)9-5-10(14(18,19)20)7-11(6-9)21-12(22)8-3-1-2-4-8/h5-8H,1-4H2,(H,21,22). The van der Waals surface area contributed by atoms with Gasteiger partial charge in [-0.1, -0.05) is 12.8 Å². The molecule has 0 spiro atoms. The Hall–Kier alpha value is -1.73. The second-order valence-corrected chi connectivity index (χ2v) is 5.27. The van der Waals surface area contributed by atoms with E-state index in [1.54, 1.807) is 0 Å². The molecular formula is C14H13F6NO. The SMILES string of the molecule is O=C(Nc1cc(C(F)(F)F)cc(C(F)(F)F)c1)C1CCCC1. The molecule has 1 aliphatic carbocycles. The largest absolute Gasteiger partial charge is 0.416 e. The molecule has 2 nitrogen and oxygen atoms in total. The Morgan fingerprint density at radius 2 is 1.36 bits per heavy atom. The minimum Gasteiger partial charge on any atom is -0.326 e. The molecule has 122 valence electrons. The molecule has 0 saturated heterocycles. The molecule has 1 amide bonds. The van der Waals surface area contributed by atoms with E-state index in [2.05, 4.69) is 5.32 Å². The van der Waals surface area contributed by atoms with Crippen LogP contribution >= 0.6 is 0 Å². The van der Waals surface area contributed by atoms with Gasteiger partial charge < -0.3 is 5.32 Å². The van der Waals surface area contributed by atoms with Gasteiger partial charge >= 0.3 is 12.4 Å². The minimum atomic E-state index is -4.92. The zero-order chi connectivity index (χ0) is 16.5. The number of benzene rings is 1. The summed E-state index contributed by atoms with van der Waals surface area (Å²) in [5.74, 6) is -0.895. The van der Waals surface area contributed by atoms with E-state index in [1.807, 2.05) is 0 Å². The van der Waals surface area contributed by atoms with Crippen LogP contribution in [0.1, 0.15) is 36.8 Å². The third-order valence-corrected chi connectivity index (χ3v) is 3.58. The Bertz CT molecular complexity index is 525. The number of carbonyl (C=O) groups is 1. The number of carbonyl (C=O) groups excluding carboxylic acids is 1. The molecule has 22 heavy (non-hydrogen) atoms. The number of amides is 1. The summed E-state index contributed by atoms with van der Waals surface area (Å²) in [7, 11) is 0. The topological polar surface area (TPSA) is 29.1 Å². The summed E-state index contributed by atoms with van der Waals surface area (Å²) in [5.41, 5.74) is -3.37. The Balaban J connectivity index is 2.31. The van der Waals surface area contributed by atoms with Crippen molar-refractivity contribution >= 4 is 11.6 Å². The Morgan fingerprint density at radius 1 is 0.909 bits per heavy atom. The molecule has 1 aromatic carbocycles.